The minimum absolute atomic E-state index is 0.0551. The number of amides is 1. The van der Waals surface area contributed by atoms with Crippen LogP contribution >= 0.6 is 0 Å². The summed E-state index contributed by atoms with van der Waals surface area (Å²) < 4.78 is 1.42. The van der Waals surface area contributed by atoms with Crippen molar-refractivity contribution < 1.29 is 4.79 Å². The molecule has 0 bridgehead atoms. The van der Waals surface area contributed by atoms with Crippen molar-refractivity contribution in [1.29, 1.82) is 0 Å². The van der Waals surface area contributed by atoms with Crippen LogP contribution in [0.4, 0.5) is 5.69 Å². The number of aromatic nitrogens is 4. The van der Waals surface area contributed by atoms with E-state index in [2.05, 4.69) is 50.0 Å². The first kappa shape index (κ1) is 13.5. The van der Waals surface area contributed by atoms with E-state index in [-0.39, 0.29) is 12.5 Å². The normalized spacial score (nSPS) is 17.9. The number of tetrazole rings is 1. The molecule has 1 fully saturated rings. The first-order valence-electron chi connectivity index (χ1n) is 7.09. The quantitative estimate of drug-likeness (QED) is 0.856. The number of anilines is 1. The fraction of sp³-hybridized carbons (Fsp3) is 0.429. The first-order valence-corrected chi connectivity index (χ1v) is 7.09. The minimum atomic E-state index is -0.0551. The van der Waals surface area contributed by atoms with Gasteiger partial charge in [-0.05, 0) is 34.9 Å². The molecule has 1 aliphatic heterocycles. The monoisotopic (exact) mass is 286 g/mol. The molecule has 0 radical (unpaired) electrons. The van der Waals surface area contributed by atoms with E-state index in [1.54, 1.807) is 0 Å². The van der Waals surface area contributed by atoms with E-state index >= 15 is 0 Å². The van der Waals surface area contributed by atoms with Crippen LogP contribution in [0.1, 0.15) is 6.42 Å². The molecule has 2 aromatic rings. The topological polar surface area (TPSA) is 75.9 Å². The Kier molecular flexibility index (Phi) is 4.09. The van der Waals surface area contributed by atoms with Crippen LogP contribution in [-0.2, 0) is 11.3 Å². The molecule has 2 heterocycles. The van der Waals surface area contributed by atoms with Crippen molar-refractivity contribution in [2.24, 2.45) is 5.92 Å². The maximum atomic E-state index is 11.8. The van der Waals surface area contributed by atoms with Crippen LogP contribution < -0.4 is 10.2 Å². The van der Waals surface area contributed by atoms with Gasteiger partial charge >= 0.3 is 0 Å². The lowest BCUT2D eigenvalue weighted by atomic mass is 10.1. The zero-order chi connectivity index (χ0) is 14.5. The third-order valence-electron chi connectivity index (χ3n) is 3.69. The van der Waals surface area contributed by atoms with Crippen LogP contribution in [0, 0.1) is 5.92 Å². The van der Waals surface area contributed by atoms with Crippen molar-refractivity contribution in [2.75, 3.05) is 24.5 Å². The largest absolute Gasteiger partial charge is 0.371 e. The Morgan fingerprint density at radius 1 is 1.33 bits per heavy atom. The minimum Gasteiger partial charge on any atom is -0.371 e. The van der Waals surface area contributed by atoms with Gasteiger partial charge < -0.3 is 10.2 Å². The van der Waals surface area contributed by atoms with Gasteiger partial charge in [-0.25, -0.2) is 4.68 Å². The molecular formula is C14H18N6O. The standard InChI is InChI=1S/C14H18N6O/c21-14(10-20-11-16-17-18-20)15-8-12-6-7-19(9-12)13-4-2-1-3-5-13/h1-5,11-12H,6-10H2,(H,15,21)/t12-/m1/s1. The molecule has 21 heavy (non-hydrogen) atoms. The SMILES string of the molecule is O=C(Cn1cnnn1)NC[C@H]1CCN(c2ccccc2)C1. The van der Waals surface area contributed by atoms with E-state index < -0.39 is 0 Å². The summed E-state index contributed by atoms with van der Waals surface area (Å²) in [5, 5.41) is 13.6. The summed E-state index contributed by atoms with van der Waals surface area (Å²) in [6, 6.07) is 10.4. The molecule has 3 rings (SSSR count). The third-order valence-corrected chi connectivity index (χ3v) is 3.69. The number of carbonyl (C=O) groups is 1. The van der Waals surface area contributed by atoms with Gasteiger partial charge in [0.25, 0.3) is 0 Å². The number of hydrogen-bond donors (Lipinski definition) is 1. The summed E-state index contributed by atoms with van der Waals surface area (Å²) in [4.78, 5) is 14.1. The number of nitrogens with zero attached hydrogens (tertiary/aromatic N) is 5. The van der Waals surface area contributed by atoms with Crippen LogP contribution in [0.3, 0.4) is 0 Å². The Labute approximate surface area is 122 Å². The smallest absolute Gasteiger partial charge is 0.241 e. The number of rotatable bonds is 5. The number of nitrogens with one attached hydrogen (secondary N) is 1. The summed E-state index contributed by atoms with van der Waals surface area (Å²) >= 11 is 0. The number of para-hydroxylation sites is 1. The molecular weight excluding hydrogens is 268 g/mol. The van der Waals surface area contributed by atoms with Gasteiger partial charge in [0.05, 0.1) is 0 Å². The summed E-state index contributed by atoms with van der Waals surface area (Å²) in [5.74, 6) is 0.434. The maximum Gasteiger partial charge on any atom is 0.241 e. The molecule has 0 aliphatic carbocycles. The van der Waals surface area contributed by atoms with Gasteiger partial charge in [0.1, 0.15) is 12.9 Å². The highest BCUT2D eigenvalue weighted by Gasteiger charge is 2.22. The molecule has 1 atom stereocenters. The van der Waals surface area contributed by atoms with Crippen molar-refractivity contribution in [3.05, 3.63) is 36.7 Å². The first-order chi connectivity index (χ1) is 10.3. The summed E-state index contributed by atoms with van der Waals surface area (Å²) in [6.07, 6.45) is 2.53. The van der Waals surface area contributed by atoms with E-state index in [1.165, 1.54) is 16.7 Å². The van der Waals surface area contributed by atoms with Crippen molar-refractivity contribution in [3.63, 3.8) is 0 Å². The van der Waals surface area contributed by atoms with Gasteiger partial charge in [-0.2, -0.15) is 0 Å². The third kappa shape index (κ3) is 3.56. The van der Waals surface area contributed by atoms with E-state index in [1.807, 2.05) is 6.07 Å². The van der Waals surface area contributed by atoms with Gasteiger partial charge in [-0.15, -0.1) is 5.10 Å². The Morgan fingerprint density at radius 3 is 2.95 bits per heavy atom. The van der Waals surface area contributed by atoms with Crippen LogP contribution in [0.25, 0.3) is 0 Å². The predicted octanol–water partition coefficient (Wildman–Crippen LogP) is 0.316. The average molecular weight is 286 g/mol. The second kappa shape index (κ2) is 6.34. The molecule has 110 valence electrons. The molecule has 0 unspecified atom stereocenters. The molecule has 0 saturated carbocycles. The van der Waals surface area contributed by atoms with Gasteiger partial charge in [0, 0.05) is 25.3 Å². The highest BCUT2D eigenvalue weighted by molar-refractivity contribution is 5.75. The molecule has 1 saturated heterocycles. The van der Waals surface area contributed by atoms with Crippen molar-refractivity contribution in [3.8, 4) is 0 Å². The number of hydrogen-bond acceptors (Lipinski definition) is 5. The lowest BCUT2D eigenvalue weighted by Gasteiger charge is -2.18. The Morgan fingerprint density at radius 2 is 2.19 bits per heavy atom. The summed E-state index contributed by atoms with van der Waals surface area (Å²) in [6.45, 7) is 2.89. The van der Waals surface area contributed by atoms with Crippen molar-refractivity contribution in [2.45, 2.75) is 13.0 Å². The van der Waals surface area contributed by atoms with Crippen LogP contribution in [0.5, 0.6) is 0 Å². The molecule has 7 heteroatoms. The number of benzene rings is 1. The fourth-order valence-corrected chi connectivity index (χ4v) is 2.59. The van der Waals surface area contributed by atoms with E-state index in [0.29, 0.717) is 12.5 Å². The summed E-state index contributed by atoms with van der Waals surface area (Å²) in [7, 11) is 0. The Bertz CT molecular complexity index is 570. The molecule has 1 aromatic heterocycles. The fourth-order valence-electron chi connectivity index (χ4n) is 2.59. The summed E-state index contributed by atoms with van der Waals surface area (Å²) in [5.41, 5.74) is 1.25. The molecule has 1 aromatic carbocycles. The second-order valence-electron chi connectivity index (χ2n) is 5.25. The van der Waals surface area contributed by atoms with Crippen LogP contribution in [0.15, 0.2) is 36.7 Å². The number of carbonyl (C=O) groups excluding carboxylic acids is 1. The molecule has 1 N–H and O–H groups in total. The van der Waals surface area contributed by atoms with Crippen LogP contribution in [0.2, 0.25) is 0 Å². The van der Waals surface area contributed by atoms with E-state index in [4.69, 9.17) is 0 Å². The molecule has 1 amide bonds. The second-order valence-corrected chi connectivity index (χ2v) is 5.25. The predicted molar refractivity (Wildman–Crippen MR) is 77.6 cm³/mol. The lowest BCUT2D eigenvalue weighted by Crippen LogP contribution is -2.33. The van der Waals surface area contributed by atoms with Gasteiger partial charge in [-0.1, -0.05) is 18.2 Å². The van der Waals surface area contributed by atoms with E-state index in [0.717, 1.165) is 19.5 Å². The van der Waals surface area contributed by atoms with Gasteiger partial charge in [0.2, 0.25) is 5.91 Å². The average Bonchev–Trinajstić information content (AvgIpc) is 3.17. The van der Waals surface area contributed by atoms with Crippen LogP contribution in [-0.4, -0.2) is 45.7 Å². The van der Waals surface area contributed by atoms with Gasteiger partial charge in [-0.3, -0.25) is 4.79 Å². The van der Waals surface area contributed by atoms with Gasteiger partial charge in [0.15, 0.2) is 0 Å². The molecule has 0 spiro atoms. The van der Waals surface area contributed by atoms with E-state index in [9.17, 15) is 4.79 Å². The Hall–Kier alpha value is -2.44. The zero-order valence-corrected chi connectivity index (χ0v) is 11.7. The highest BCUT2D eigenvalue weighted by atomic mass is 16.2. The lowest BCUT2D eigenvalue weighted by molar-refractivity contribution is -0.122. The van der Waals surface area contributed by atoms with Crippen molar-refractivity contribution >= 4 is 11.6 Å². The molecule has 1 aliphatic rings. The Balaban J connectivity index is 1.44. The zero-order valence-electron chi connectivity index (χ0n) is 11.7. The van der Waals surface area contributed by atoms with Crippen molar-refractivity contribution in [1.82, 2.24) is 25.5 Å². The highest BCUT2D eigenvalue weighted by Crippen LogP contribution is 2.22. The maximum absolute atomic E-state index is 11.8. The molecule has 7 nitrogen and oxygen atoms in total.